The number of methoxy groups -OCH3 is 1. The minimum atomic E-state index is -2.13. The zero-order chi connectivity index (χ0) is 32.0. The molecule has 2 amide bonds. The zero-order valence-corrected chi connectivity index (χ0v) is 27.9. The molecule has 3 aromatic carbocycles. The molecular formula is C36H46N2O6Si. The maximum atomic E-state index is 13.8. The van der Waals surface area contributed by atoms with Gasteiger partial charge in [0.15, 0.2) is 0 Å². The van der Waals surface area contributed by atoms with E-state index >= 15 is 0 Å². The molecule has 8 nitrogen and oxygen atoms in total. The predicted molar refractivity (Wildman–Crippen MR) is 179 cm³/mol. The third kappa shape index (κ3) is 7.60. The quantitative estimate of drug-likeness (QED) is 0.255. The first kappa shape index (κ1) is 32.7. The van der Waals surface area contributed by atoms with E-state index in [0.717, 1.165) is 29.8 Å². The molecule has 1 N–H and O–H groups in total. The van der Waals surface area contributed by atoms with Crippen molar-refractivity contribution in [2.24, 2.45) is 5.92 Å². The lowest BCUT2D eigenvalue weighted by atomic mass is 9.95. The summed E-state index contributed by atoms with van der Waals surface area (Å²) in [5.41, 5.74) is 3.29. The van der Waals surface area contributed by atoms with Crippen LogP contribution in [0.25, 0.3) is 0 Å². The summed E-state index contributed by atoms with van der Waals surface area (Å²) in [5, 5.41) is 11.1. The van der Waals surface area contributed by atoms with Crippen LogP contribution in [0.15, 0.2) is 78.9 Å². The Bertz CT molecular complexity index is 1420. The van der Waals surface area contributed by atoms with Gasteiger partial charge in [-0.05, 0) is 59.7 Å². The number of aryl methyl sites for hydroxylation is 1. The molecule has 0 aliphatic carbocycles. The molecule has 0 spiro atoms. The van der Waals surface area contributed by atoms with E-state index in [1.165, 1.54) is 10.8 Å². The van der Waals surface area contributed by atoms with Gasteiger partial charge >= 0.3 is 6.09 Å². The lowest BCUT2D eigenvalue weighted by Crippen LogP contribution is -2.51. The molecule has 5 rings (SSSR count). The minimum absolute atomic E-state index is 0.00584. The van der Waals surface area contributed by atoms with E-state index < -0.39 is 8.07 Å². The van der Waals surface area contributed by atoms with Crippen molar-refractivity contribution in [2.75, 3.05) is 38.3 Å². The Kier molecular flexibility index (Phi) is 10.6. The van der Waals surface area contributed by atoms with Crippen molar-refractivity contribution in [1.82, 2.24) is 4.90 Å². The number of nitrogens with zero attached hydrogens (tertiary/aromatic N) is 2. The van der Waals surface area contributed by atoms with Crippen LogP contribution in [0.2, 0.25) is 18.6 Å². The second kappa shape index (κ2) is 14.6. The van der Waals surface area contributed by atoms with Crippen molar-refractivity contribution in [3.63, 3.8) is 0 Å². The monoisotopic (exact) mass is 630 g/mol. The maximum absolute atomic E-state index is 13.8. The highest BCUT2D eigenvalue weighted by Gasteiger charge is 2.51. The molecule has 240 valence electrons. The van der Waals surface area contributed by atoms with Gasteiger partial charge in [-0.25, -0.2) is 4.79 Å². The lowest BCUT2D eigenvalue weighted by Gasteiger charge is -2.36. The van der Waals surface area contributed by atoms with E-state index in [-0.39, 0.29) is 55.2 Å². The van der Waals surface area contributed by atoms with Crippen LogP contribution in [-0.4, -0.2) is 75.7 Å². The zero-order valence-electron chi connectivity index (χ0n) is 26.9. The number of aliphatic hydroxyl groups is 1. The van der Waals surface area contributed by atoms with Crippen LogP contribution in [0.3, 0.4) is 0 Å². The minimum Gasteiger partial charge on any atom is -0.497 e. The van der Waals surface area contributed by atoms with Gasteiger partial charge in [0.1, 0.15) is 12.4 Å². The number of rotatable bonds is 13. The first-order valence-electron chi connectivity index (χ1n) is 16.0. The van der Waals surface area contributed by atoms with Gasteiger partial charge in [-0.15, -0.1) is 0 Å². The van der Waals surface area contributed by atoms with E-state index in [4.69, 9.17) is 14.2 Å². The third-order valence-electron chi connectivity index (χ3n) is 9.61. The van der Waals surface area contributed by atoms with Gasteiger partial charge in [-0.3, -0.25) is 9.69 Å². The fraction of sp³-hybridized carbons (Fsp3) is 0.444. The van der Waals surface area contributed by atoms with E-state index in [0.29, 0.717) is 19.7 Å². The molecule has 9 heteroatoms. The van der Waals surface area contributed by atoms with Crippen LogP contribution in [0, 0.1) is 5.92 Å². The van der Waals surface area contributed by atoms with Crippen LogP contribution >= 0.6 is 0 Å². The average Bonchev–Trinajstić information content (AvgIpc) is 3.62. The Labute approximate surface area is 267 Å². The molecule has 2 saturated heterocycles. The van der Waals surface area contributed by atoms with Crippen molar-refractivity contribution >= 4 is 30.9 Å². The number of anilines is 1. The van der Waals surface area contributed by atoms with Gasteiger partial charge in [-0.2, -0.15) is 0 Å². The molecule has 2 aliphatic rings. The maximum Gasteiger partial charge on any atom is 0.414 e. The summed E-state index contributed by atoms with van der Waals surface area (Å²) in [7, 11) is -0.453. The largest absolute Gasteiger partial charge is 0.497 e. The molecule has 2 heterocycles. The Hall–Kier alpha value is -3.66. The molecule has 0 saturated carbocycles. The number of cyclic esters (lactones) is 1. The lowest BCUT2D eigenvalue weighted by molar-refractivity contribution is -0.135. The number of hydrogen-bond acceptors (Lipinski definition) is 6. The first-order valence-corrected chi connectivity index (χ1v) is 19.0. The fourth-order valence-corrected chi connectivity index (χ4v) is 11.2. The van der Waals surface area contributed by atoms with Crippen LogP contribution in [-0.2, 0) is 27.2 Å². The van der Waals surface area contributed by atoms with Crippen LogP contribution in [0.5, 0.6) is 5.75 Å². The molecular weight excluding hydrogens is 584 g/mol. The van der Waals surface area contributed by atoms with Gasteiger partial charge in [0.05, 0.1) is 47.0 Å². The number of ether oxygens (including phenoxy) is 3. The predicted octanol–water partition coefficient (Wildman–Crippen LogP) is 5.38. The molecule has 45 heavy (non-hydrogen) atoms. The molecule has 3 aromatic rings. The highest BCUT2D eigenvalue weighted by atomic mass is 28.3. The molecule has 0 radical (unpaired) electrons. The number of hydrogen-bond donors (Lipinski definition) is 1. The second-order valence-corrected chi connectivity index (χ2v) is 17.4. The second-order valence-electron chi connectivity index (χ2n) is 12.7. The van der Waals surface area contributed by atoms with E-state index in [1.54, 1.807) is 16.9 Å². The summed E-state index contributed by atoms with van der Waals surface area (Å²) in [6.07, 6.45) is 1.44. The van der Waals surface area contributed by atoms with Crippen molar-refractivity contribution in [3.8, 4) is 5.75 Å². The van der Waals surface area contributed by atoms with Crippen LogP contribution < -0.4 is 14.8 Å². The number of benzene rings is 3. The molecule has 4 atom stereocenters. The summed E-state index contributed by atoms with van der Waals surface area (Å²) < 4.78 is 17.4. The Morgan fingerprint density at radius 1 is 1.00 bits per heavy atom. The van der Waals surface area contributed by atoms with Crippen molar-refractivity contribution in [3.05, 3.63) is 90.0 Å². The summed E-state index contributed by atoms with van der Waals surface area (Å²) in [6.45, 7) is 8.71. The van der Waals surface area contributed by atoms with Gasteiger partial charge < -0.3 is 24.2 Å². The van der Waals surface area contributed by atoms with E-state index in [9.17, 15) is 14.7 Å². The van der Waals surface area contributed by atoms with Gasteiger partial charge in [0.2, 0.25) is 5.91 Å². The van der Waals surface area contributed by atoms with E-state index in [2.05, 4.69) is 44.3 Å². The number of amides is 2. The first-order chi connectivity index (χ1) is 21.7. The van der Waals surface area contributed by atoms with Gasteiger partial charge in [-0.1, -0.05) is 79.8 Å². The van der Waals surface area contributed by atoms with Crippen molar-refractivity contribution in [2.45, 2.75) is 63.6 Å². The standard InChI is InChI=1S/C36H46N2O6Si/c1-26-32(19-12-27-10-13-29(14-11-27)38-21-23-43-36(38)41)44-33(35(26)45(3,4)31-17-15-30(42-2)16-18-31)24-34(40)37(20-22-39)25-28-8-6-5-7-9-28/h5-11,13-18,26,32-33,35,39H,12,19-25H2,1-4H3/t26-,32+,33-,35+/m1/s1. The highest BCUT2D eigenvalue weighted by molar-refractivity contribution is 6.91. The molecule has 0 aromatic heterocycles. The summed E-state index contributed by atoms with van der Waals surface area (Å²) in [6, 6.07) is 26.4. The summed E-state index contributed by atoms with van der Waals surface area (Å²) in [5.74, 6) is 1.09. The Morgan fingerprint density at radius 2 is 1.71 bits per heavy atom. The SMILES string of the molecule is COc1ccc([Si](C)(C)[C@H]2[C@H](C)[C@H](CCc3ccc(N4CCOC4=O)cc3)O[C@@H]2CC(=O)N(CCO)Cc2ccccc2)cc1. The van der Waals surface area contributed by atoms with Crippen molar-refractivity contribution in [1.29, 1.82) is 0 Å². The average molecular weight is 631 g/mol. The molecule has 0 unspecified atom stereocenters. The topological polar surface area (TPSA) is 88.5 Å². The fourth-order valence-electron chi connectivity index (χ4n) is 7.14. The van der Waals surface area contributed by atoms with Gasteiger partial charge in [0.25, 0.3) is 0 Å². The van der Waals surface area contributed by atoms with Gasteiger partial charge in [0, 0.05) is 18.8 Å². The van der Waals surface area contributed by atoms with Crippen LogP contribution in [0.4, 0.5) is 10.5 Å². The highest BCUT2D eigenvalue weighted by Crippen LogP contribution is 2.46. The Balaban J connectivity index is 1.34. The summed E-state index contributed by atoms with van der Waals surface area (Å²) >= 11 is 0. The number of carbonyl (C=O) groups is 2. The third-order valence-corrected chi connectivity index (χ3v) is 14.0. The molecule has 2 aliphatic heterocycles. The molecule has 0 bridgehead atoms. The molecule has 2 fully saturated rings. The van der Waals surface area contributed by atoms with E-state index in [1.807, 2.05) is 54.6 Å². The Morgan fingerprint density at radius 3 is 2.33 bits per heavy atom. The number of carbonyl (C=O) groups excluding carboxylic acids is 2. The van der Waals surface area contributed by atoms with Crippen molar-refractivity contribution < 1.29 is 28.9 Å². The van der Waals surface area contributed by atoms with Crippen LogP contribution in [0.1, 0.15) is 30.9 Å². The smallest absolute Gasteiger partial charge is 0.414 e. The summed E-state index contributed by atoms with van der Waals surface area (Å²) in [4.78, 5) is 29.2. The number of aliphatic hydroxyl groups excluding tert-OH is 1. The normalized spacial score (nSPS) is 21.5.